The molecule has 3 rings (SSSR count). The van der Waals surface area contributed by atoms with Crippen LogP contribution >= 0.6 is 0 Å². The Morgan fingerprint density at radius 3 is 2.44 bits per heavy atom. The standard InChI is InChI=1S/C18H21NO4S.Na/c1-18(2)16-14-8-4-3-7-13(14)9-10-15(16)19(17(18)20)11-5-6-12-24(21,22)23;/h3-4,7-10H,5-6,11-12H2,1-2H3,(H,21,22,23);/q;+1/p-1. The van der Waals surface area contributed by atoms with Gasteiger partial charge in [-0.05, 0) is 49.1 Å². The van der Waals surface area contributed by atoms with Gasteiger partial charge < -0.3 is 9.45 Å². The van der Waals surface area contributed by atoms with Crippen molar-refractivity contribution >= 4 is 32.5 Å². The number of fused-ring (bicyclic) bond motifs is 3. The maximum absolute atomic E-state index is 12.9. The Labute approximate surface area is 170 Å². The van der Waals surface area contributed by atoms with Gasteiger partial charge in [-0.2, -0.15) is 0 Å². The number of nitrogens with zero attached hydrogens (tertiary/aromatic N) is 1. The number of hydrogen-bond acceptors (Lipinski definition) is 4. The van der Waals surface area contributed by atoms with Crippen LogP contribution in [-0.2, 0) is 20.3 Å². The van der Waals surface area contributed by atoms with E-state index in [1.807, 2.05) is 50.2 Å². The number of carbonyl (C=O) groups excluding carboxylic acids is 1. The molecule has 0 aromatic heterocycles. The predicted molar refractivity (Wildman–Crippen MR) is 93.1 cm³/mol. The zero-order chi connectivity index (χ0) is 17.5. The molecule has 2 aromatic rings. The minimum atomic E-state index is -4.20. The van der Waals surface area contributed by atoms with Gasteiger partial charge in [-0.1, -0.05) is 30.3 Å². The van der Waals surface area contributed by atoms with Crippen LogP contribution < -0.4 is 34.5 Å². The van der Waals surface area contributed by atoms with E-state index in [2.05, 4.69) is 0 Å². The molecule has 25 heavy (non-hydrogen) atoms. The van der Waals surface area contributed by atoms with Crippen molar-refractivity contribution in [3.05, 3.63) is 42.0 Å². The Hall–Kier alpha value is -0.920. The summed E-state index contributed by atoms with van der Waals surface area (Å²) in [6.45, 7) is 4.26. The summed E-state index contributed by atoms with van der Waals surface area (Å²) < 4.78 is 32.1. The monoisotopic (exact) mass is 369 g/mol. The first-order valence-corrected chi connectivity index (χ1v) is 9.57. The van der Waals surface area contributed by atoms with Crippen molar-refractivity contribution < 1.29 is 47.3 Å². The number of rotatable bonds is 5. The molecule has 0 atom stereocenters. The number of benzene rings is 2. The molecule has 0 saturated carbocycles. The van der Waals surface area contributed by atoms with Gasteiger partial charge in [-0.3, -0.25) is 4.79 Å². The van der Waals surface area contributed by atoms with Gasteiger partial charge in [-0.15, -0.1) is 0 Å². The second-order valence-corrected chi connectivity index (χ2v) is 8.26. The van der Waals surface area contributed by atoms with Crippen LogP contribution in [0, 0.1) is 0 Å². The second-order valence-electron chi connectivity index (χ2n) is 6.73. The molecule has 0 unspecified atom stereocenters. The Morgan fingerprint density at radius 2 is 1.76 bits per heavy atom. The molecule has 0 radical (unpaired) electrons. The summed E-state index contributed by atoms with van der Waals surface area (Å²) in [6.07, 6.45) is 0.745. The molecular weight excluding hydrogens is 349 g/mol. The van der Waals surface area contributed by atoms with Crippen molar-refractivity contribution in [2.45, 2.75) is 32.1 Å². The maximum atomic E-state index is 12.9. The summed E-state index contributed by atoms with van der Waals surface area (Å²) in [5, 5.41) is 2.16. The molecular formula is C18H20NNaO4S. The van der Waals surface area contributed by atoms with Crippen LogP contribution in [0.3, 0.4) is 0 Å². The third-order valence-corrected chi connectivity index (χ3v) is 5.42. The Kier molecular flexibility index (Phi) is 6.01. The van der Waals surface area contributed by atoms with Crippen molar-refractivity contribution in [3.8, 4) is 0 Å². The largest absolute Gasteiger partial charge is 1.00 e. The van der Waals surface area contributed by atoms with E-state index in [1.54, 1.807) is 4.90 Å². The van der Waals surface area contributed by atoms with Crippen molar-refractivity contribution in [3.63, 3.8) is 0 Å². The van der Waals surface area contributed by atoms with Crippen LogP contribution in [0.4, 0.5) is 5.69 Å². The molecule has 2 aromatic carbocycles. The van der Waals surface area contributed by atoms with E-state index in [1.165, 1.54) is 0 Å². The van der Waals surface area contributed by atoms with Gasteiger partial charge in [0.2, 0.25) is 5.91 Å². The fourth-order valence-electron chi connectivity index (χ4n) is 3.47. The summed E-state index contributed by atoms with van der Waals surface area (Å²) in [7, 11) is -4.20. The molecule has 1 aliphatic heterocycles. The molecule has 0 N–H and O–H groups in total. The Balaban J connectivity index is 0.00000225. The first kappa shape index (κ1) is 20.4. The Morgan fingerprint density at radius 1 is 1.08 bits per heavy atom. The Bertz CT molecular complexity index is 908. The first-order chi connectivity index (χ1) is 11.2. The van der Waals surface area contributed by atoms with E-state index >= 15 is 0 Å². The van der Waals surface area contributed by atoms with E-state index in [-0.39, 0.29) is 47.6 Å². The SMILES string of the molecule is CC1(C)C(=O)N(CCCCS(=O)(=O)[O-])c2ccc3ccccc3c21.[Na+]. The molecule has 1 heterocycles. The van der Waals surface area contributed by atoms with Crippen molar-refractivity contribution in [1.82, 2.24) is 0 Å². The summed E-state index contributed by atoms with van der Waals surface area (Å²) in [5.74, 6) is -0.373. The summed E-state index contributed by atoms with van der Waals surface area (Å²) in [5.41, 5.74) is 1.27. The average Bonchev–Trinajstić information content (AvgIpc) is 2.71. The molecule has 0 fully saturated rings. The van der Waals surface area contributed by atoms with Crippen LogP contribution in [0.25, 0.3) is 10.8 Å². The maximum Gasteiger partial charge on any atom is 1.00 e. The van der Waals surface area contributed by atoms with Crippen LogP contribution in [0.5, 0.6) is 0 Å². The quantitative estimate of drug-likeness (QED) is 0.415. The molecule has 1 amide bonds. The minimum absolute atomic E-state index is 0. The zero-order valence-electron chi connectivity index (χ0n) is 14.8. The number of unbranched alkanes of at least 4 members (excludes halogenated alkanes) is 1. The van der Waals surface area contributed by atoms with Gasteiger partial charge in [0, 0.05) is 18.0 Å². The number of amides is 1. The van der Waals surface area contributed by atoms with E-state index in [0.717, 1.165) is 22.0 Å². The third-order valence-electron chi connectivity index (χ3n) is 4.63. The molecule has 128 valence electrons. The van der Waals surface area contributed by atoms with Gasteiger partial charge in [0.25, 0.3) is 0 Å². The summed E-state index contributed by atoms with van der Waals surface area (Å²) in [4.78, 5) is 14.6. The van der Waals surface area contributed by atoms with E-state index in [9.17, 15) is 17.8 Å². The number of anilines is 1. The van der Waals surface area contributed by atoms with Gasteiger partial charge in [-0.25, -0.2) is 8.42 Å². The second kappa shape index (κ2) is 7.37. The summed E-state index contributed by atoms with van der Waals surface area (Å²) >= 11 is 0. The van der Waals surface area contributed by atoms with Gasteiger partial charge in [0.1, 0.15) is 0 Å². The third kappa shape index (κ3) is 3.93. The molecule has 0 spiro atoms. The van der Waals surface area contributed by atoms with Crippen molar-refractivity contribution in [1.29, 1.82) is 0 Å². The van der Waals surface area contributed by atoms with Crippen LogP contribution in [-0.4, -0.2) is 31.2 Å². The van der Waals surface area contributed by atoms with Crippen molar-refractivity contribution in [2.24, 2.45) is 0 Å². The van der Waals surface area contributed by atoms with Gasteiger partial charge in [0.05, 0.1) is 15.5 Å². The molecule has 7 heteroatoms. The van der Waals surface area contributed by atoms with E-state index < -0.39 is 15.5 Å². The number of hydrogen-bond donors (Lipinski definition) is 0. The fraction of sp³-hybridized carbons (Fsp3) is 0.389. The van der Waals surface area contributed by atoms with Crippen molar-refractivity contribution in [2.75, 3.05) is 17.2 Å². The number of carbonyl (C=O) groups is 1. The van der Waals surface area contributed by atoms with Crippen LogP contribution in [0.2, 0.25) is 0 Å². The zero-order valence-corrected chi connectivity index (χ0v) is 17.6. The van der Waals surface area contributed by atoms with E-state index in [0.29, 0.717) is 13.0 Å². The normalized spacial score (nSPS) is 16.0. The molecule has 0 aliphatic carbocycles. The molecule has 0 bridgehead atoms. The van der Waals surface area contributed by atoms with Crippen LogP contribution in [0.15, 0.2) is 36.4 Å². The molecule has 5 nitrogen and oxygen atoms in total. The fourth-order valence-corrected chi connectivity index (χ4v) is 4.02. The topological polar surface area (TPSA) is 77.5 Å². The predicted octanol–water partition coefficient (Wildman–Crippen LogP) is -0.207. The van der Waals surface area contributed by atoms with Crippen LogP contribution in [0.1, 0.15) is 32.3 Å². The average molecular weight is 369 g/mol. The molecule has 0 saturated heterocycles. The molecule has 1 aliphatic rings. The first-order valence-electron chi connectivity index (χ1n) is 7.99. The van der Waals surface area contributed by atoms with Gasteiger partial charge >= 0.3 is 29.6 Å². The van der Waals surface area contributed by atoms with E-state index in [4.69, 9.17) is 0 Å². The smallest absolute Gasteiger partial charge is 0.748 e. The minimum Gasteiger partial charge on any atom is -0.748 e. The van der Waals surface area contributed by atoms with Gasteiger partial charge in [0.15, 0.2) is 0 Å². The summed E-state index contributed by atoms with van der Waals surface area (Å²) in [6, 6.07) is 11.9.